The molecule has 3 rings (SSSR count). The summed E-state index contributed by atoms with van der Waals surface area (Å²) in [6.45, 7) is 1.78. The molecular formula is C16H13ClFNS2. The van der Waals surface area contributed by atoms with Gasteiger partial charge in [-0.2, -0.15) is 0 Å². The number of anilines is 1. The molecule has 1 atom stereocenters. The molecule has 3 aromatic rings. The van der Waals surface area contributed by atoms with E-state index in [0.29, 0.717) is 5.56 Å². The van der Waals surface area contributed by atoms with Crippen molar-refractivity contribution in [1.29, 1.82) is 0 Å². The zero-order valence-electron chi connectivity index (χ0n) is 11.3. The van der Waals surface area contributed by atoms with Crippen molar-refractivity contribution in [2.45, 2.75) is 13.0 Å². The molecule has 0 aliphatic heterocycles. The molecule has 1 N–H and O–H groups in total. The van der Waals surface area contributed by atoms with Gasteiger partial charge in [0.25, 0.3) is 0 Å². The predicted molar refractivity (Wildman–Crippen MR) is 90.3 cm³/mol. The van der Waals surface area contributed by atoms with Crippen LogP contribution < -0.4 is 5.32 Å². The summed E-state index contributed by atoms with van der Waals surface area (Å²) in [7, 11) is 0. The van der Waals surface area contributed by atoms with E-state index in [9.17, 15) is 4.39 Å². The van der Waals surface area contributed by atoms with Gasteiger partial charge in [0.1, 0.15) is 5.82 Å². The van der Waals surface area contributed by atoms with E-state index in [0.717, 1.165) is 14.9 Å². The van der Waals surface area contributed by atoms with Crippen LogP contribution in [0.15, 0.2) is 47.8 Å². The number of rotatable bonds is 4. The van der Waals surface area contributed by atoms with Crippen LogP contribution in [0.4, 0.5) is 10.1 Å². The van der Waals surface area contributed by atoms with Crippen molar-refractivity contribution in [2.75, 3.05) is 5.32 Å². The molecule has 0 aliphatic carbocycles. The Morgan fingerprint density at radius 2 is 1.95 bits per heavy atom. The lowest BCUT2D eigenvalue weighted by atomic mass is 10.1. The van der Waals surface area contributed by atoms with Crippen molar-refractivity contribution in [3.63, 3.8) is 0 Å². The second kappa shape index (κ2) is 6.18. The van der Waals surface area contributed by atoms with E-state index in [4.69, 9.17) is 11.6 Å². The second-order valence-corrected chi connectivity index (χ2v) is 7.37. The first-order valence-corrected chi connectivity index (χ1v) is 8.53. The predicted octanol–water partition coefficient (Wildman–Crippen LogP) is 6.11. The molecule has 0 spiro atoms. The van der Waals surface area contributed by atoms with Crippen molar-refractivity contribution >= 4 is 40.0 Å². The summed E-state index contributed by atoms with van der Waals surface area (Å²) in [4.78, 5) is 2.29. The van der Waals surface area contributed by atoms with Crippen LogP contribution in [0.1, 0.15) is 21.4 Å². The summed E-state index contributed by atoms with van der Waals surface area (Å²) in [5.74, 6) is -0.200. The molecule has 1 aromatic carbocycles. The summed E-state index contributed by atoms with van der Waals surface area (Å²) in [6.07, 6.45) is 0. The zero-order chi connectivity index (χ0) is 14.8. The van der Waals surface area contributed by atoms with E-state index in [-0.39, 0.29) is 11.9 Å². The lowest BCUT2D eigenvalue weighted by molar-refractivity contribution is 0.619. The third kappa shape index (κ3) is 3.12. The molecule has 0 aliphatic rings. The van der Waals surface area contributed by atoms with Crippen LogP contribution in [0, 0.1) is 12.7 Å². The summed E-state index contributed by atoms with van der Waals surface area (Å²) in [5.41, 5.74) is 1.43. The molecule has 0 saturated heterocycles. The average molecular weight is 338 g/mol. The topological polar surface area (TPSA) is 12.0 Å². The Hall–Kier alpha value is -1.36. The molecule has 2 aromatic heterocycles. The smallest absolute Gasteiger partial charge is 0.128 e. The fraction of sp³-hybridized carbons (Fsp3) is 0.125. The Kier molecular flexibility index (Phi) is 4.29. The van der Waals surface area contributed by atoms with Gasteiger partial charge in [-0.15, -0.1) is 22.7 Å². The molecule has 0 fully saturated rings. The molecule has 2 heterocycles. The number of hydrogen-bond acceptors (Lipinski definition) is 3. The van der Waals surface area contributed by atoms with Gasteiger partial charge in [-0.3, -0.25) is 0 Å². The molecule has 0 radical (unpaired) electrons. The number of benzene rings is 1. The maximum Gasteiger partial charge on any atom is 0.128 e. The Balaban J connectivity index is 1.99. The average Bonchev–Trinajstić information content (AvgIpc) is 3.12. The quantitative estimate of drug-likeness (QED) is 0.605. The van der Waals surface area contributed by atoms with Gasteiger partial charge < -0.3 is 5.32 Å². The molecule has 0 bridgehead atoms. The van der Waals surface area contributed by atoms with Crippen LogP contribution >= 0.6 is 34.3 Å². The zero-order valence-corrected chi connectivity index (χ0v) is 13.7. The fourth-order valence-corrected chi connectivity index (χ4v) is 4.14. The first-order valence-electron chi connectivity index (χ1n) is 6.45. The van der Waals surface area contributed by atoms with Crippen molar-refractivity contribution in [3.05, 3.63) is 73.3 Å². The van der Waals surface area contributed by atoms with Crippen LogP contribution in [0.5, 0.6) is 0 Å². The van der Waals surface area contributed by atoms with E-state index < -0.39 is 0 Å². The minimum atomic E-state index is -0.200. The standard InChI is InChI=1S/C16H13ClFNS2/c1-10-11(18)4-2-5-12(10)19-16(13-6-3-9-20-13)14-7-8-15(17)21-14/h2-9,16,19H,1H3. The third-order valence-electron chi connectivity index (χ3n) is 3.27. The molecule has 0 saturated carbocycles. The summed E-state index contributed by atoms with van der Waals surface area (Å²) >= 11 is 9.27. The monoisotopic (exact) mass is 337 g/mol. The Morgan fingerprint density at radius 1 is 1.10 bits per heavy atom. The highest BCUT2D eigenvalue weighted by molar-refractivity contribution is 7.16. The lowest BCUT2D eigenvalue weighted by Crippen LogP contribution is -2.10. The maximum atomic E-state index is 13.7. The Morgan fingerprint density at radius 3 is 2.62 bits per heavy atom. The second-order valence-electron chi connectivity index (χ2n) is 4.65. The molecule has 1 nitrogen and oxygen atoms in total. The molecular weight excluding hydrogens is 325 g/mol. The number of halogens is 2. The van der Waals surface area contributed by atoms with Crippen LogP contribution in [-0.4, -0.2) is 0 Å². The fourth-order valence-electron chi connectivity index (χ4n) is 2.14. The van der Waals surface area contributed by atoms with Gasteiger partial charge in [-0.1, -0.05) is 23.7 Å². The van der Waals surface area contributed by atoms with E-state index in [1.807, 2.05) is 29.6 Å². The molecule has 0 amide bonds. The molecule has 21 heavy (non-hydrogen) atoms. The number of thiophene rings is 2. The van der Waals surface area contributed by atoms with Gasteiger partial charge >= 0.3 is 0 Å². The highest BCUT2D eigenvalue weighted by Crippen LogP contribution is 2.36. The summed E-state index contributed by atoms with van der Waals surface area (Å²) < 4.78 is 14.5. The summed E-state index contributed by atoms with van der Waals surface area (Å²) in [5, 5.41) is 5.48. The van der Waals surface area contributed by atoms with Crippen LogP contribution in [0.25, 0.3) is 0 Å². The van der Waals surface area contributed by atoms with Crippen LogP contribution in [0.2, 0.25) is 4.34 Å². The van der Waals surface area contributed by atoms with Crippen molar-refractivity contribution in [1.82, 2.24) is 0 Å². The lowest BCUT2D eigenvalue weighted by Gasteiger charge is -2.19. The minimum Gasteiger partial charge on any atom is -0.372 e. The highest BCUT2D eigenvalue weighted by atomic mass is 35.5. The van der Waals surface area contributed by atoms with Gasteiger partial charge in [-0.05, 0) is 42.6 Å². The van der Waals surface area contributed by atoms with Crippen LogP contribution in [-0.2, 0) is 0 Å². The molecule has 108 valence electrons. The van der Waals surface area contributed by atoms with E-state index in [1.165, 1.54) is 22.3 Å². The van der Waals surface area contributed by atoms with Crippen molar-refractivity contribution in [2.24, 2.45) is 0 Å². The first-order chi connectivity index (χ1) is 10.1. The maximum absolute atomic E-state index is 13.7. The molecule has 5 heteroatoms. The normalized spacial score (nSPS) is 12.3. The van der Waals surface area contributed by atoms with Gasteiger partial charge in [0.2, 0.25) is 0 Å². The van der Waals surface area contributed by atoms with Gasteiger partial charge in [0.05, 0.1) is 10.4 Å². The Bertz CT molecular complexity index is 737. The number of hydrogen-bond donors (Lipinski definition) is 1. The minimum absolute atomic E-state index is 0.0111. The molecule has 1 unspecified atom stereocenters. The third-order valence-corrected chi connectivity index (χ3v) is 5.51. The van der Waals surface area contributed by atoms with E-state index in [2.05, 4.69) is 11.4 Å². The largest absolute Gasteiger partial charge is 0.372 e. The highest BCUT2D eigenvalue weighted by Gasteiger charge is 2.18. The summed E-state index contributed by atoms with van der Waals surface area (Å²) in [6, 6.07) is 13.1. The SMILES string of the molecule is Cc1c(F)cccc1NC(c1cccs1)c1ccc(Cl)s1. The van der Waals surface area contributed by atoms with E-state index >= 15 is 0 Å². The van der Waals surface area contributed by atoms with Gasteiger partial charge in [0.15, 0.2) is 0 Å². The van der Waals surface area contributed by atoms with Gasteiger partial charge in [0, 0.05) is 21.0 Å². The van der Waals surface area contributed by atoms with Crippen molar-refractivity contribution < 1.29 is 4.39 Å². The number of nitrogens with one attached hydrogen (secondary N) is 1. The first kappa shape index (κ1) is 14.6. The Labute approximate surface area is 136 Å². The van der Waals surface area contributed by atoms with Crippen molar-refractivity contribution in [3.8, 4) is 0 Å². The van der Waals surface area contributed by atoms with E-state index in [1.54, 1.807) is 24.3 Å². The van der Waals surface area contributed by atoms with Crippen LogP contribution in [0.3, 0.4) is 0 Å². The van der Waals surface area contributed by atoms with Gasteiger partial charge in [-0.25, -0.2) is 4.39 Å².